The summed E-state index contributed by atoms with van der Waals surface area (Å²) in [4.78, 5) is 22.8. The highest BCUT2D eigenvalue weighted by Gasteiger charge is 2.50. The van der Waals surface area contributed by atoms with Crippen molar-refractivity contribution in [1.29, 1.82) is 0 Å². The zero-order chi connectivity index (χ0) is 16.0. The lowest BCUT2D eigenvalue weighted by Crippen LogP contribution is -2.35. The Labute approximate surface area is 131 Å². The molecule has 1 aromatic rings. The minimum absolute atomic E-state index is 0.142. The molecule has 0 bridgehead atoms. The minimum atomic E-state index is -0.734. The summed E-state index contributed by atoms with van der Waals surface area (Å²) in [6, 6.07) is 8.22. The second-order valence-corrected chi connectivity index (χ2v) is 6.27. The summed E-state index contributed by atoms with van der Waals surface area (Å²) >= 11 is 0. The van der Waals surface area contributed by atoms with Crippen molar-refractivity contribution in [2.75, 3.05) is 6.54 Å². The SMILES string of the molecule is Cc1cccc(C2(C(=O)NCCCCCCC(=O)O)CC2)c1. The first kappa shape index (κ1) is 16.5. The number of nitrogens with one attached hydrogen (secondary N) is 1. The lowest BCUT2D eigenvalue weighted by Gasteiger charge is -2.16. The first-order valence-electron chi connectivity index (χ1n) is 8.12. The van der Waals surface area contributed by atoms with Crippen molar-refractivity contribution in [3.8, 4) is 0 Å². The van der Waals surface area contributed by atoms with Gasteiger partial charge in [-0.3, -0.25) is 9.59 Å². The Hall–Kier alpha value is -1.84. The van der Waals surface area contributed by atoms with Crippen LogP contribution in [0, 0.1) is 6.92 Å². The molecule has 1 saturated carbocycles. The predicted molar refractivity (Wildman–Crippen MR) is 85.8 cm³/mol. The van der Waals surface area contributed by atoms with Gasteiger partial charge in [0.05, 0.1) is 5.41 Å². The predicted octanol–water partition coefficient (Wildman–Crippen LogP) is 3.18. The molecule has 1 fully saturated rings. The number of unbranched alkanes of at least 4 members (excludes halogenated alkanes) is 3. The molecule has 0 aromatic heterocycles. The van der Waals surface area contributed by atoms with E-state index in [0.717, 1.165) is 44.1 Å². The van der Waals surface area contributed by atoms with Gasteiger partial charge >= 0.3 is 5.97 Å². The number of carbonyl (C=O) groups excluding carboxylic acids is 1. The first-order valence-corrected chi connectivity index (χ1v) is 8.12. The fourth-order valence-electron chi connectivity index (χ4n) is 2.84. The maximum atomic E-state index is 12.4. The standard InChI is InChI=1S/C18H25NO3/c1-14-7-6-8-15(13-14)18(10-11-18)17(22)19-12-5-3-2-4-9-16(20)21/h6-8,13H,2-5,9-12H2,1H3,(H,19,22)(H,20,21). The van der Waals surface area contributed by atoms with E-state index in [1.807, 2.05) is 12.1 Å². The highest BCUT2D eigenvalue weighted by atomic mass is 16.4. The lowest BCUT2D eigenvalue weighted by atomic mass is 9.93. The fourth-order valence-corrected chi connectivity index (χ4v) is 2.84. The van der Waals surface area contributed by atoms with Crippen molar-refractivity contribution >= 4 is 11.9 Å². The van der Waals surface area contributed by atoms with Gasteiger partial charge in [0.1, 0.15) is 0 Å². The van der Waals surface area contributed by atoms with E-state index in [2.05, 4.69) is 24.4 Å². The molecule has 0 saturated heterocycles. The number of hydrogen-bond donors (Lipinski definition) is 2. The van der Waals surface area contributed by atoms with Gasteiger partial charge in [-0.05, 0) is 38.2 Å². The topological polar surface area (TPSA) is 66.4 Å². The summed E-state index contributed by atoms with van der Waals surface area (Å²) < 4.78 is 0. The van der Waals surface area contributed by atoms with Crippen LogP contribution in [-0.2, 0) is 15.0 Å². The monoisotopic (exact) mass is 303 g/mol. The van der Waals surface area contributed by atoms with E-state index in [4.69, 9.17) is 5.11 Å². The number of hydrogen-bond acceptors (Lipinski definition) is 2. The number of carboxylic acids is 1. The van der Waals surface area contributed by atoms with Crippen LogP contribution >= 0.6 is 0 Å². The van der Waals surface area contributed by atoms with Gasteiger partial charge in [0.2, 0.25) is 5.91 Å². The average molecular weight is 303 g/mol. The van der Waals surface area contributed by atoms with Crippen molar-refractivity contribution < 1.29 is 14.7 Å². The Balaban J connectivity index is 1.70. The van der Waals surface area contributed by atoms with E-state index in [-0.39, 0.29) is 17.7 Å². The number of carbonyl (C=O) groups is 2. The quantitative estimate of drug-likeness (QED) is 0.689. The number of aryl methyl sites for hydroxylation is 1. The van der Waals surface area contributed by atoms with Gasteiger partial charge in [-0.15, -0.1) is 0 Å². The maximum absolute atomic E-state index is 12.4. The van der Waals surface area contributed by atoms with Crippen LogP contribution in [0.4, 0.5) is 0 Å². The third-order valence-electron chi connectivity index (χ3n) is 4.36. The fraction of sp³-hybridized carbons (Fsp3) is 0.556. The molecule has 4 heteroatoms. The van der Waals surface area contributed by atoms with Gasteiger partial charge in [0.25, 0.3) is 0 Å². The van der Waals surface area contributed by atoms with Crippen LogP contribution in [0.5, 0.6) is 0 Å². The summed E-state index contributed by atoms with van der Waals surface area (Å²) in [5.74, 6) is -0.592. The number of benzene rings is 1. The van der Waals surface area contributed by atoms with Gasteiger partial charge < -0.3 is 10.4 Å². The largest absolute Gasteiger partial charge is 0.481 e. The summed E-state index contributed by atoms with van der Waals surface area (Å²) in [5.41, 5.74) is 2.02. The summed E-state index contributed by atoms with van der Waals surface area (Å²) in [5, 5.41) is 11.6. The van der Waals surface area contributed by atoms with Crippen LogP contribution in [0.15, 0.2) is 24.3 Å². The Morgan fingerprint density at radius 3 is 2.55 bits per heavy atom. The molecule has 1 amide bonds. The lowest BCUT2D eigenvalue weighted by molar-refractivity contribution is -0.137. The third-order valence-corrected chi connectivity index (χ3v) is 4.36. The van der Waals surface area contributed by atoms with Gasteiger partial charge in [0.15, 0.2) is 0 Å². The molecule has 0 spiro atoms. The molecule has 0 radical (unpaired) electrons. The molecule has 0 atom stereocenters. The molecule has 0 unspecified atom stereocenters. The van der Waals surface area contributed by atoms with E-state index < -0.39 is 5.97 Å². The van der Waals surface area contributed by atoms with E-state index in [1.54, 1.807) is 0 Å². The Morgan fingerprint density at radius 1 is 1.18 bits per heavy atom. The van der Waals surface area contributed by atoms with Crippen molar-refractivity contribution in [3.63, 3.8) is 0 Å². The van der Waals surface area contributed by atoms with Gasteiger partial charge in [0, 0.05) is 13.0 Å². The van der Waals surface area contributed by atoms with Crippen LogP contribution < -0.4 is 5.32 Å². The van der Waals surface area contributed by atoms with Crippen LogP contribution in [0.3, 0.4) is 0 Å². The molecule has 2 N–H and O–H groups in total. The normalized spacial score (nSPS) is 15.3. The van der Waals surface area contributed by atoms with Crippen LogP contribution in [0.1, 0.15) is 56.1 Å². The molecular weight excluding hydrogens is 278 g/mol. The Morgan fingerprint density at radius 2 is 1.91 bits per heavy atom. The van der Waals surface area contributed by atoms with Gasteiger partial charge in [-0.1, -0.05) is 42.7 Å². The number of carboxylic acid groups (broad SMARTS) is 1. The minimum Gasteiger partial charge on any atom is -0.481 e. The molecule has 22 heavy (non-hydrogen) atoms. The van der Waals surface area contributed by atoms with Crippen molar-refractivity contribution in [2.24, 2.45) is 0 Å². The van der Waals surface area contributed by atoms with Crippen molar-refractivity contribution in [2.45, 2.75) is 57.3 Å². The van der Waals surface area contributed by atoms with E-state index in [9.17, 15) is 9.59 Å². The molecule has 4 nitrogen and oxygen atoms in total. The highest BCUT2D eigenvalue weighted by molar-refractivity contribution is 5.91. The third kappa shape index (κ3) is 4.33. The summed E-state index contributed by atoms with van der Waals surface area (Å²) in [7, 11) is 0. The molecule has 120 valence electrons. The Kier molecular flexibility index (Phi) is 5.58. The van der Waals surface area contributed by atoms with Crippen LogP contribution in [-0.4, -0.2) is 23.5 Å². The number of aliphatic carboxylic acids is 1. The zero-order valence-electron chi connectivity index (χ0n) is 13.2. The molecule has 2 rings (SSSR count). The van der Waals surface area contributed by atoms with Gasteiger partial charge in [-0.25, -0.2) is 0 Å². The van der Waals surface area contributed by atoms with Crippen molar-refractivity contribution in [1.82, 2.24) is 5.32 Å². The number of amides is 1. The van der Waals surface area contributed by atoms with Gasteiger partial charge in [-0.2, -0.15) is 0 Å². The molecular formula is C18H25NO3. The average Bonchev–Trinajstić information content (AvgIpc) is 3.27. The molecule has 1 aliphatic rings. The highest BCUT2D eigenvalue weighted by Crippen LogP contribution is 2.48. The zero-order valence-corrected chi connectivity index (χ0v) is 13.2. The van der Waals surface area contributed by atoms with Crippen LogP contribution in [0.25, 0.3) is 0 Å². The Bertz CT molecular complexity index is 535. The maximum Gasteiger partial charge on any atom is 0.303 e. The second kappa shape index (κ2) is 7.43. The summed E-state index contributed by atoms with van der Waals surface area (Å²) in [6.45, 7) is 2.73. The van der Waals surface area contributed by atoms with Crippen molar-refractivity contribution in [3.05, 3.63) is 35.4 Å². The first-order chi connectivity index (χ1) is 10.5. The molecule has 1 aromatic carbocycles. The number of rotatable bonds is 9. The second-order valence-electron chi connectivity index (χ2n) is 6.27. The van der Waals surface area contributed by atoms with Crippen LogP contribution in [0.2, 0.25) is 0 Å². The summed E-state index contributed by atoms with van der Waals surface area (Å²) in [6.07, 6.45) is 5.60. The van der Waals surface area contributed by atoms with E-state index in [1.165, 1.54) is 5.56 Å². The molecule has 0 aliphatic heterocycles. The molecule has 1 aliphatic carbocycles. The smallest absolute Gasteiger partial charge is 0.303 e. The van der Waals surface area contributed by atoms with E-state index >= 15 is 0 Å². The van der Waals surface area contributed by atoms with E-state index in [0.29, 0.717) is 6.54 Å². The molecule has 0 heterocycles.